The van der Waals surface area contributed by atoms with Crippen molar-refractivity contribution in [2.45, 2.75) is 71.4 Å². The monoisotopic (exact) mass is 268 g/mol. The van der Waals surface area contributed by atoms with E-state index >= 15 is 0 Å². The lowest BCUT2D eigenvalue weighted by Gasteiger charge is -2.43. The van der Waals surface area contributed by atoms with E-state index < -0.39 is 0 Å². The summed E-state index contributed by atoms with van der Waals surface area (Å²) in [7, 11) is 0. The van der Waals surface area contributed by atoms with Crippen LogP contribution in [-0.2, 0) is 0 Å². The highest BCUT2D eigenvalue weighted by Gasteiger charge is 2.30. The predicted molar refractivity (Wildman–Crippen MR) is 81.7 cm³/mol. The average molecular weight is 268 g/mol. The van der Waals surface area contributed by atoms with Gasteiger partial charge in [-0.25, -0.2) is 0 Å². The van der Waals surface area contributed by atoms with Crippen molar-refractivity contribution < 1.29 is 0 Å². The zero-order chi connectivity index (χ0) is 13.1. The van der Waals surface area contributed by atoms with Gasteiger partial charge in [-0.2, -0.15) is 0 Å². The fraction of sp³-hybridized carbons (Fsp3) is 0.933. The summed E-state index contributed by atoms with van der Waals surface area (Å²) in [5, 5.41) is 4.62. The van der Waals surface area contributed by atoms with Gasteiger partial charge in [0.25, 0.3) is 0 Å². The minimum Gasteiger partial charge on any atom is -0.360 e. The molecule has 0 radical (unpaired) electrons. The van der Waals surface area contributed by atoms with Crippen LogP contribution in [0, 0.1) is 11.8 Å². The summed E-state index contributed by atoms with van der Waals surface area (Å²) in [6.45, 7) is 8.16. The van der Waals surface area contributed by atoms with Crippen molar-refractivity contribution in [3.8, 4) is 0 Å². The number of likely N-dealkylation sites (tertiary alicyclic amines) is 1. The lowest BCUT2D eigenvalue weighted by atomic mass is 9.86. The molecule has 2 aliphatic rings. The SMILES string of the molecule is CC1CC(C)C(C)N(C(=S)NC2CCCCC2)C1. The molecule has 1 heterocycles. The highest BCUT2D eigenvalue weighted by molar-refractivity contribution is 7.80. The van der Waals surface area contributed by atoms with Gasteiger partial charge >= 0.3 is 0 Å². The first-order chi connectivity index (χ1) is 8.58. The van der Waals surface area contributed by atoms with Crippen LogP contribution in [0.2, 0.25) is 0 Å². The Labute approximate surface area is 118 Å². The van der Waals surface area contributed by atoms with Crippen LogP contribution in [0.5, 0.6) is 0 Å². The van der Waals surface area contributed by atoms with Gasteiger partial charge < -0.3 is 10.2 Å². The molecule has 3 atom stereocenters. The largest absolute Gasteiger partial charge is 0.360 e. The third kappa shape index (κ3) is 3.37. The Balaban J connectivity index is 1.90. The van der Waals surface area contributed by atoms with Gasteiger partial charge in [-0.1, -0.05) is 33.1 Å². The van der Waals surface area contributed by atoms with Crippen molar-refractivity contribution in [3.63, 3.8) is 0 Å². The second-order valence-corrected chi connectivity index (χ2v) is 6.88. The second kappa shape index (κ2) is 6.23. The molecule has 3 heteroatoms. The lowest BCUT2D eigenvalue weighted by Crippen LogP contribution is -2.54. The second-order valence-electron chi connectivity index (χ2n) is 6.50. The number of nitrogens with zero attached hydrogens (tertiary/aromatic N) is 1. The summed E-state index contributed by atoms with van der Waals surface area (Å²) < 4.78 is 0. The third-order valence-corrected chi connectivity index (χ3v) is 5.14. The molecule has 104 valence electrons. The van der Waals surface area contributed by atoms with Crippen LogP contribution in [0.15, 0.2) is 0 Å². The van der Waals surface area contributed by atoms with Crippen molar-refractivity contribution in [3.05, 3.63) is 0 Å². The van der Waals surface area contributed by atoms with Crippen LogP contribution >= 0.6 is 12.2 Å². The zero-order valence-corrected chi connectivity index (χ0v) is 12.9. The Morgan fingerprint density at radius 2 is 1.78 bits per heavy atom. The molecule has 0 aromatic heterocycles. The molecule has 0 aromatic carbocycles. The predicted octanol–water partition coefficient (Wildman–Crippen LogP) is 3.56. The molecular formula is C15H28N2S. The van der Waals surface area contributed by atoms with E-state index in [1.165, 1.54) is 38.5 Å². The molecule has 3 unspecified atom stereocenters. The van der Waals surface area contributed by atoms with E-state index in [9.17, 15) is 0 Å². The van der Waals surface area contributed by atoms with Gasteiger partial charge in [0.1, 0.15) is 0 Å². The summed E-state index contributed by atoms with van der Waals surface area (Å²) in [5.41, 5.74) is 0. The maximum atomic E-state index is 5.65. The molecule has 0 amide bonds. The van der Waals surface area contributed by atoms with Gasteiger partial charge in [-0.3, -0.25) is 0 Å². The van der Waals surface area contributed by atoms with E-state index in [1.807, 2.05) is 0 Å². The maximum absolute atomic E-state index is 5.65. The number of thiocarbonyl (C=S) groups is 1. The van der Waals surface area contributed by atoms with Crippen LogP contribution in [0.1, 0.15) is 59.3 Å². The summed E-state index contributed by atoms with van der Waals surface area (Å²) in [6.07, 6.45) is 8.06. The highest BCUT2D eigenvalue weighted by atomic mass is 32.1. The van der Waals surface area contributed by atoms with Gasteiger partial charge in [0, 0.05) is 18.6 Å². The van der Waals surface area contributed by atoms with E-state index in [-0.39, 0.29) is 0 Å². The third-order valence-electron chi connectivity index (χ3n) is 4.79. The van der Waals surface area contributed by atoms with Crippen molar-refractivity contribution in [1.82, 2.24) is 10.2 Å². The van der Waals surface area contributed by atoms with Crippen molar-refractivity contribution >= 4 is 17.3 Å². The molecule has 1 N–H and O–H groups in total. The van der Waals surface area contributed by atoms with Crippen LogP contribution in [0.25, 0.3) is 0 Å². The van der Waals surface area contributed by atoms with Gasteiger partial charge in [0.05, 0.1) is 0 Å². The number of hydrogen-bond acceptors (Lipinski definition) is 1. The fourth-order valence-electron chi connectivity index (χ4n) is 3.49. The minimum atomic E-state index is 0.588. The van der Waals surface area contributed by atoms with Gasteiger partial charge in [0.15, 0.2) is 5.11 Å². The van der Waals surface area contributed by atoms with Crippen LogP contribution in [-0.4, -0.2) is 28.6 Å². The van der Waals surface area contributed by atoms with Crippen molar-refractivity contribution in [2.24, 2.45) is 11.8 Å². The normalized spacial score (nSPS) is 34.4. The Morgan fingerprint density at radius 1 is 1.11 bits per heavy atom. The summed E-state index contributed by atoms with van der Waals surface area (Å²) in [5.74, 6) is 1.52. The maximum Gasteiger partial charge on any atom is 0.169 e. The molecule has 2 fully saturated rings. The van der Waals surface area contributed by atoms with Crippen LogP contribution in [0.3, 0.4) is 0 Å². The first kappa shape index (κ1) is 14.1. The Morgan fingerprint density at radius 3 is 2.44 bits per heavy atom. The summed E-state index contributed by atoms with van der Waals surface area (Å²) in [4.78, 5) is 2.43. The summed E-state index contributed by atoms with van der Waals surface area (Å²) in [6, 6.07) is 1.22. The Bertz CT molecular complexity index is 286. The first-order valence-corrected chi connectivity index (χ1v) is 8.06. The molecule has 1 aliphatic heterocycles. The summed E-state index contributed by atoms with van der Waals surface area (Å²) >= 11 is 5.65. The van der Waals surface area contributed by atoms with Gasteiger partial charge in [-0.05, 0) is 50.2 Å². The van der Waals surface area contributed by atoms with E-state index in [1.54, 1.807) is 0 Å². The molecular weight excluding hydrogens is 240 g/mol. The van der Waals surface area contributed by atoms with Gasteiger partial charge in [0.2, 0.25) is 0 Å². The van der Waals surface area contributed by atoms with E-state index in [2.05, 4.69) is 31.0 Å². The fourth-order valence-corrected chi connectivity index (χ4v) is 3.90. The Kier molecular flexibility index (Phi) is 4.88. The number of hydrogen-bond donors (Lipinski definition) is 1. The molecule has 18 heavy (non-hydrogen) atoms. The van der Waals surface area contributed by atoms with Crippen LogP contribution in [0.4, 0.5) is 0 Å². The molecule has 1 saturated carbocycles. The molecule has 2 rings (SSSR count). The first-order valence-electron chi connectivity index (χ1n) is 7.65. The number of piperidine rings is 1. The molecule has 1 aliphatic carbocycles. The smallest absolute Gasteiger partial charge is 0.169 e. The van der Waals surface area contributed by atoms with Crippen molar-refractivity contribution in [2.75, 3.05) is 6.54 Å². The average Bonchev–Trinajstić information content (AvgIpc) is 2.35. The molecule has 0 spiro atoms. The van der Waals surface area contributed by atoms with Gasteiger partial charge in [-0.15, -0.1) is 0 Å². The molecule has 0 bridgehead atoms. The van der Waals surface area contributed by atoms with E-state index in [0.717, 1.165) is 23.5 Å². The van der Waals surface area contributed by atoms with Crippen molar-refractivity contribution in [1.29, 1.82) is 0 Å². The Hall–Kier alpha value is -0.310. The molecule has 0 aromatic rings. The van der Waals surface area contributed by atoms with Crippen LogP contribution < -0.4 is 5.32 Å². The minimum absolute atomic E-state index is 0.588. The number of rotatable bonds is 1. The number of nitrogens with one attached hydrogen (secondary N) is 1. The lowest BCUT2D eigenvalue weighted by molar-refractivity contribution is 0.144. The van der Waals surface area contributed by atoms with E-state index in [4.69, 9.17) is 12.2 Å². The molecule has 1 saturated heterocycles. The topological polar surface area (TPSA) is 15.3 Å². The molecule has 2 nitrogen and oxygen atoms in total. The standard InChI is InChI=1S/C15H28N2S/c1-11-9-12(2)13(3)17(10-11)15(18)16-14-7-5-4-6-8-14/h11-14H,4-10H2,1-3H3,(H,16,18). The quantitative estimate of drug-likeness (QED) is 0.732. The highest BCUT2D eigenvalue weighted by Crippen LogP contribution is 2.27. The van der Waals surface area contributed by atoms with E-state index in [0.29, 0.717) is 12.1 Å². The zero-order valence-electron chi connectivity index (χ0n) is 12.1.